The van der Waals surface area contributed by atoms with Crippen LogP contribution in [0.25, 0.3) is 22.5 Å². The topological polar surface area (TPSA) is 130 Å². The van der Waals surface area contributed by atoms with Crippen LogP contribution in [0.15, 0.2) is 106 Å². The number of rotatable bonds is 9. The first-order valence-corrected chi connectivity index (χ1v) is 14.4. The molecule has 2 aromatic heterocycles. The van der Waals surface area contributed by atoms with Crippen LogP contribution in [-0.2, 0) is 14.8 Å². The number of carbonyl (C=O) groups excluding carboxylic acids is 1. The first-order valence-electron chi connectivity index (χ1n) is 12.0. The number of sulfonamides is 1. The van der Waals surface area contributed by atoms with Crippen molar-refractivity contribution < 1.29 is 17.7 Å². The maximum absolute atomic E-state index is 13.0. The van der Waals surface area contributed by atoms with Crippen LogP contribution < -0.4 is 10.0 Å². The zero-order valence-corrected chi connectivity index (χ0v) is 22.7. The summed E-state index contributed by atoms with van der Waals surface area (Å²) in [7, 11) is -3.85. The molecule has 0 aliphatic carbocycles. The number of H-pyrrole nitrogens is 1. The van der Waals surface area contributed by atoms with Gasteiger partial charge in [0.1, 0.15) is 5.76 Å². The van der Waals surface area contributed by atoms with E-state index in [9.17, 15) is 13.2 Å². The zero-order chi connectivity index (χ0) is 27.4. The number of thioether (sulfide) groups is 1. The molecule has 198 valence electrons. The molecule has 5 rings (SSSR count). The molecular formula is C28H25N5O4S2. The summed E-state index contributed by atoms with van der Waals surface area (Å²) < 4.78 is 32.4. The van der Waals surface area contributed by atoms with Crippen molar-refractivity contribution in [2.45, 2.75) is 29.1 Å². The molecule has 3 aromatic carbocycles. The fraction of sp³-hybridized carbons (Fsp3) is 0.107. The predicted molar refractivity (Wildman–Crippen MR) is 152 cm³/mol. The van der Waals surface area contributed by atoms with Gasteiger partial charge in [-0.1, -0.05) is 77.6 Å². The van der Waals surface area contributed by atoms with Gasteiger partial charge in [0.15, 0.2) is 11.0 Å². The van der Waals surface area contributed by atoms with Crippen LogP contribution in [0.2, 0.25) is 0 Å². The number of aryl methyl sites for hydroxylation is 1. The zero-order valence-electron chi connectivity index (χ0n) is 21.1. The second-order valence-electron chi connectivity index (χ2n) is 8.70. The molecule has 1 atom stereocenters. The molecule has 0 radical (unpaired) electrons. The second kappa shape index (κ2) is 11.2. The number of aromatic amines is 1. The number of aromatic nitrogens is 3. The minimum absolute atomic E-state index is 0.0287. The van der Waals surface area contributed by atoms with Crippen LogP contribution in [0, 0.1) is 6.92 Å². The molecule has 0 saturated carbocycles. The highest BCUT2D eigenvalue weighted by atomic mass is 32.2. The van der Waals surface area contributed by atoms with Gasteiger partial charge in [-0.15, -0.1) is 0 Å². The van der Waals surface area contributed by atoms with Gasteiger partial charge < -0.3 is 14.8 Å². The molecule has 0 bridgehead atoms. The summed E-state index contributed by atoms with van der Waals surface area (Å²) in [6.45, 7) is 3.45. The molecule has 0 spiro atoms. The Morgan fingerprint density at radius 2 is 1.59 bits per heavy atom. The summed E-state index contributed by atoms with van der Waals surface area (Å²) >= 11 is 1.31. The van der Waals surface area contributed by atoms with Gasteiger partial charge >= 0.3 is 0 Å². The molecule has 0 aliphatic rings. The van der Waals surface area contributed by atoms with Crippen molar-refractivity contribution >= 4 is 39.2 Å². The third kappa shape index (κ3) is 6.21. The summed E-state index contributed by atoms with van der Waals surface area (Å²) in [6.07, 6.45) is 0. The first-order chi connectivity index (χ1) is 18.8. The Hall–Kier alpha value is -4.35. The van der Waals surface area contributed by atoms with Crippen LogP contribution in [0.5, 0.6) is 0 Å². The lowest BCUT2D eigenvalue weighted by Gasteiger charge is -2.11. The number of hydrogen-bond donors (Lipinski definition) is 3. The van der Waals surface area contributed by atoms with Crippen molar-refractivity contribution in [2.75, 3.05) is 10.0 Å². The molecule has 3 N–H and O–H groups in total. The monoisotopic (exact) mass is 559 g/mol. The van der Waals surface area contributed by atoms with Gasteiger partial charge in [0.2, 0.25) is 5.91 Å². The Bertz CT molecular complexity index is 1630. The Labute approximate surface area is 230 Å². The van der Waals surface area contributed by atoms with E-state index in [1.54, 1.807) is 13.8 Å². The Kier molecular flexibility index (Phi) is 7.53. The maximum atomic E-state index is 13.0. The van der Waals surface area contributed by atoms with Gasteiger partial charge in [-0.2, -0.15) is 0 Å². The minimum Gasteiger partial charge on any atom is -0.360 e. The Morgan fingerprint density at radius 1 is 0.949 bits per heavy atom. The largest absolute Gasteiger partial charge is 0.360 e. The Balaban J connectivity index is 1.28. The molecule has 0 aliphatic heterocycles. The van der Waals surface area contributed by atoms with E-state index in [4.69, 9.17) is 9.51 Å². The van der Waals surface area contributed by atoms with Gasteiger partial charge in [0, 0.05) is 22.9 Å². The van der Waals surface area contributed by atoms with Crippen LogP contribution in [-0.4, -0.2) is 34.7 Å². The van der Waals surface area contributed by atoms with E-state index in [0.29, 0.717) is 16.6 Å². The summed E-state index contributed by atoms with van der Waals surface area (Å²) in [4.78, 5) is 21.2. The lowest BCUT2D eigenvalue weighted by molar-refractivity contribution is -0.115. The molecule has 5 aromatic rings. The number of nitrogens with zero attached hydrogens (tertiary/aromatic N) is 2. The molecule has 0 fully saturated rings. The Morgan fingerprint density at radius 3 is 2.21 bits per heavy atom. The highest BCUT2D eigenvalue weighted by molar-refractivity contribution is 8.00. The summed E-state index contributed by atoms with van der Waals surface area (Å²) in [5, 5.41) is 6.61. The van der Waals surface area contributed by atoms with Crippen molar-refractivity contribution in [3.8, 4) is 22.5 Å². The number of hydrogen-bond acceptors (Lipinski definition) is 7. The van der Waals surface area contributed by atoms with Crippen LogP contribution in [0.4, 0.5) is 11.5 Å². The molecule has 2 heterocycles. The number of imidazole rings is 1. The van der Waals surface area contributed by atoms with E-state index < -0.39 is 15.3 Å². The average Bonchev–Trinajstić information content (AvgIpc) is 3.55. The number of anilines is 2. The molecule has 11 heteroatoms. The molecular weight excluding hydrogens is 534 g/mol. The number of nitrogens with one attached hydrogen (secondary N) is 3. The van der Waals surface area contributed by atoms with E-state index in [1.165, 1.54) is 42.1 Å². The SMILES string of the molecule is Cc1cc(NS(=O)(=O)c2ccc(NC(=O)C(C)Sc3nc(-c4ccccc4)c(-c4ccccc4)[nH]3)cc2)no1. The van der Waals surface area contributed by atoms with E-state index in [1.807, 2.05) is 60.7 Å². The molecule has 1 amide bonds. The van der Waals surface area contributed by atoms with Gasteiger partial charge in [-0.05, 0) is 38.1 Å². The predicted octanol–water partition coefficient (Wildman–Crippen LogP) is 5.96. The van der Waals surface area contributed by atoms with Crippen molar-refractivity contribution in [3.63, 3.8) is 0 Å². The summed E-state index contributed by atoms with van der Waals surface area (Å²) in [5.41, 5.74) is 4.13. The van der Waals surface area contributed by atoms with Gasteiger partial charge in [-0.3, -0.25) is 9.52 Å². The number of carbonyl (C=O) groups is 1. The third-order valence-electron chi connectivity index (χ3n) is 5.75. The molecule has 0 saturated heterocycles. The van der Waals surface area contributed by atoms with Crippen molar-refractivity contribution in [1.29, 1.82) is 0 Å². The fourth-order valence-electron chi connectivity index (χ4n) is 3.82. The van der Waals surface area contributed by atoms with Crippen molar-refractivity contribution in [2.24, 2.45) is 0 Å². The normalized spacial score (nSPS) is 12.2. The maximum Gasteiger partial charge on any atom is 0.263 e. The second-order valence-corrected chi connectivity index (χ2v) is 11.7. The van der Waals surface area contributed by atoms with E-state index >= 15 is 0 Å². The van der Waals surface area contributed by atoms with Crippen molar-refractivity contribution in [1.82, 2.24) is 15.1 Å². The number of benzene rings is 3. The lowest BCUT2D eigenvalue weighted by Crippen LogP contribution is -2.22. The van der Waals surface area contributed by atoms with E-state index in [2.05, 4.69) is 20.2 Å². The molecule has 1 unspecified atom stereocenters. The van der Waals surface area contributed by atoms with Crippen LogP contribution in [0.3, 0.4) is 0 Å². The smallest absolute Gasteiger partial charge is 0.263 e. The summed E-state index contributed by atoms with van der Waals surface area (Å²) in [5.74, 6) is 0.338. The summed E-state index contributed by atoms with van der Waals surface area (Å²) in [6, 6.07) is 27.2. The first kappa shape index (κ1) is 26.3. The minimum atomic E-state index is -3.85. The number of amides is 1. The van der Waals surface area contributed by atoms with E-state index in [-0.39, 0.29) is 16.6 Å². The van der Waals surface area contributed by atoms with Crippen LogP contribution >= 0.6 is 11.8 Å². The lowest BCUT2D eigenvalue weighted by atomic mass is 10.1. The highest BCUT2D eigenvalue weighted by Gasteiger charge is 2.21. The van der Waals surface area contributed by atoms with Gasteiger partial charge in [0.25, 0.3) is 10.0 Å². The standard InChI is InChI=1S/C28H25N5O4S2/c1-18-17-24(32-37-18)33-39(35,36)23-15-13-22(14-16-23)29-27(34)19(2)38-28-30-25(20-9-5-3-6-10-20)26(31-28)21-11-7-4-8-12-21/h3-17,19H,1-2H3,(H,29,34)(H,30,31)(H,32,33). The fourth-order valence-corrected chi connectivity index (χ4v) is 5.61. The molecule has 9 nitrogen and oxygen atoms in total. The van der Waals surface area contributed by atoms with Gasteiger partial charge in [-0.25, -0.2) is 13.4 Å². The van der Waals surface area contributed by atoms with Crippen molar-refractivity contribution in [3.05, 3.63) is 96.8 Å². The van der Waals surface area contributed by atoms with E-state index in [0.717, 1.165) is 22.5 Å². The molecule has 39 heavy (non-hydrogen) atoms. The average molecular weight is 560 g/mol. The van der Waals surface area contributed by atoms with Gasteiger partial charge in [0.05, 0.1) is 21.5 Å². The highest BCUT2D eigenvalue weighted by Crippen LogP contribution is 2.34. The van der Waals surface area contributed by atoms with Crippen LogP contribution in [0.1, 0.15) is 12.7 Å². The quantitative estimate of drug-likeness (QED) is 0.190. The third-order valence-corrected chi connectivity index (χ3v) is 8.10.